The molecule has 1 atom stereocenters. The van der Waals surface area contributed by atoms with Crippen molar-refractivity contribution in [3.8, 4) is 0 Å². The number of aryl methyl sites for hydroxylation is 1. The summed E-state index contributed by atoms with van der Waals surface area (Å²) in [5.74, 6) is 0. The lowest BCUT2D eigenvalue weighted by Crippen LogP contribution is -2.32. The Morgan fingerprint density at radius 3 is 3.13 bits per heavy atom. The Morgan fingerprint density at radius 2 is 2.47 bits per heavy atom. The second-order valence-corrected chi connectivity index (χ2v) is 4.83. The molecule has 1 fully saturated rings. The van der Waals surface area contributed by atoms with Crippen LogP contribution < -0.4 is 0 Å². The maximum Gasteiger partial charge on any atom is 0.0492 e. The maximum atomic E-state index is 4.19. The smallest absolute Gasteiger partial charge is 0.0492 e. The lowest BCUT2D eigenvalue weighted by atomic mass is 10.2. The van der Waals surface area contributed by atoms with Crippen LogP contribution in [-0.2, 0) is 13.5 Å². The molecule has 1 aromatic heterocycles. The average Bonchev–Trinajstić information content (AvgIpc) is 2.83. The van der Waals surface area contributed by atoms with Gasteiger partial charge < -0.3 is 0 Å². The van der Waals surface area contributed by atoms with Crippen molar-refractivity contribution in [1.82, 2.24) is 14.7 Å². The van der Waals surface area contributed by atoms with Gasteiger partial charge in [0.25, 0.3) is 0 Å². The van der Waals surface area contributed by atoms with Gasteiger partial charge in [-0.05, 0) is 25.5 Å². The van der Waals surface area contributed by atoms with Crippen LogP contribution in [-0.4, -0.2) is 39.1 Å². The van der Waals surface area contributed by atoms with E-state index in [-0.39, 0.29) is 0 Å². The Labute approximate surface area is 99.6 Å². The number of likely N-dealkylation sites (tertiary alicyclic amines) is 1. The molecular weight excluding hydrogens is 254 g/mol. The number of hydrogen-bond donors (Lipinski definition) is 0. The molecule has 0 aliphatic carbocycles. The highest BCUT2D eigenvalue weighted by molar-refractivity contribution is 9.09. The van der Waals surface area contributed by atoms with Gasteiger partial charge in [-0.15, -0.1) is 0 Å². The van der Waals surface area contributed by atoms with Crippen LogP contribution in [0.5, 0.6) is 0 Å². The minimum atomic E-state index is 0.748. The van der Waals surface area contributed by atoms with Crippen molar-refractivity contribution in [2.24, 2.45) is 7.05 Å². The summed E-state index contributed by atoms with van der Waals surface area (Å²) in [6.45, 7) is 2.42. The Morgan fingerprint density at radius 1 is 1.60 bits per heavy atom. The number of alkyl halides is 1. The summed E-state index contributed by atoms with van der Waals surface area (Å²) in [4.78, 5) is 2.59. The van der Waals surface area contributed by atoms with E-state index in [0.29, 0.717) is 0 Å². The van der Waals surface area contributed by atoms with E-state index in [4.69, 9.17) is 0 Å². The second kappa shape index (κ2) is 5.12. The number of rotatable bonds is 4. The van der Waals surface area contributed by atoms with Gasteiger partial charge in [0, 0.05) is 43.3 Å². The zero-order chi connectivity index (χ0) is 10.7. The van der Waals surface area contributed by atoms with Crippen LogP contribution >= 0.6 is 15.9 Å². The van der Waals surface area contributed by atoms with E-state index < -0.39 is 0 Å². The first-order valence-electron chi connectivity index (χ1n) is 5.58. The second-order valence-electron chi connectivity index (χ2n) is 4.18. The summed E-state index contributed by atoms with van der Waals surface area (Å²) >= 11 is 3.59. The summed E-state index contributed by atoms with van der Waals surface area (Å²) in [5.41, 5.74) is 1.33. The largest absolute Gasteiger partial charge is 0.299 e. The van der Waals surface area contributed by atoms with Crippen LogP contribution in [0.25, 0.3) is 0 Å². The molecule has 1 aliphatic heterocycles. The van der Waals surface area contributed by atoms with E-state index in [1.165, 1.54) is 25.1 Å². The molecule has 15 heavy (non-hydrogen) atoms. The molecule has 84 valence electrons. The molecular formula is C11H18BrN3. The monoisotopic (exact) mass is 271 g/mol. The maximum absolute atomic E-state index is 4.19. The van der Waals surface area contributed by atoms with E-state index in [0.717, 1.165) is 24.3 Å². The van der Waals surface area contributed by atoms with Crippen molar-refractivity contribution >= 4 is 15.9 Å². The van der Waals surface area contributed by atoms with E-state index >= 15 is 0 Å². The van der Waals surface area contributed by atoms with Gasteiger partial charge in [-0.1, -0.05) is 15.9 Å². The molecule has 0 amide bonds. The molecule has 1 aliphatic rings. The standard InChI is InChI=1S/C11H18BrN3/c1-14-10(4-6-13-14)5-8-15-7-2-3-11(15)9-12/h4,6,11H,2-3,5,7-9H2,1H3. The Bertz CT molecular complexity index is 311. The minimum Gasteiger partial charge on any atom is -0.299 e. The topological polar surface area (TPSA) is 21.1 Å². The quantitative estimate of drug-likeness (QED) is 0.780. The molecule has 4 heteroatoms. The lowest BCUT2D eigenvalue weighted by molar-refractivity contribution is 0.275. The molecule has 1 aromatic rings. The molecule has 0 aromatic carbocycles. The van der Waals surface area contributed by atoms with Crippen molar-refractivity contribution in [3.63, 3.8) is 0 Å². The van der Waals surface area contributed by atoms with Crippen molar-refractivity contribution in [2.45, 2.75) is 25.3 Å². The van der Waals surface area contributed by atoms with Crippen LogP contribution in [0.2, 0.25) is 0 Å². The SMILES string of the molecule is Cn1nccc1CCN1CCCC1CBr. The highest BCUT2D eigenvalue weighted by Crippen LogP contribution is 2.19. The van der Waals surface area contributed by atoms with Crippen LogP contribution in [0.1, 0.15) is 18.5 Å². The molecule has 0 N–H and O–H groups in total. The fraction of sp³-hybridized carbons (Fsp3) is 0.727. The normalized spacial score (nSPS) is 22.4. The Balaban J connectivity index is 1.85. The van der Waals surface area contributed by atoms with Crippen LogP contribution in [0.3, 0.4) is 0 Å². The summed E-state index contributed by atoms with van der Waals surface area (Å²) in [6, 6.07) is 2.86. The van der Waals surface area contributed by atoms with Gasteiger partial charge in [0.2, 0.25) is 0 Å². The molecule has 3 nitrogen and oxygen atoms in total. The van der Waals surface area contributed by atoms with Gasteiger partial charge in [-0.25, -0.2) is 0 Å². The third kappa shape index (κ3) is 2.61. The Hall–Kier alpha value is -0.350. The average molecular weight is 272 g/mol. The van der Waals surface area contributed by atoms with Gasteiger partial charge in [0.1, 0.15) is 0 Å². The number of aromatic nitrogens is 2. The van der Waals surface area contributed by atoms with Gasteiger partial charge in [-0.2, -0.15) is 5.10 Å². The number of halogens is 1. The van der Waals surface area contributed by atoms with E-state index in [9.17, 15) is 0 Å². The third-order valence-electron chi connectivity index (χ3n) is 3.25. The number of hydrogen-bond acceptors (Lipinski definition) is 2. The summed E-state index contributed by atoms with van der Waals surface area (Å²) in [5, 5.41) is 5.30. The van der Waals surface area contributed by atoms with Crippen molar-refractivity contribution in [2.75, 3.05) is 18.4 Å². The molecule has 2 heterocycles. The van der Waals surface area contributed by atoms with Crippen LogP contribution in [0.15, 0.2) is 12.3 Å². The third-order valence-corrected chi connectivity index (χ3v) is 4.00. The molecule has 0 bridgehead atoms. The molecule has 0 spiro atoms. The highest BCUT2D eigenvalue weighted by atomic mass is 79.9. The summed E-state index contributed by atoms with van der Waals surface area (Å²) in [7, 11) is 2.02. The molecule has 1 unspecified atom stereocenters. The Kier molecular flexibility index (Phi) is 3.81. The highest BCUT2D eigenvalue weighted by Gasteiger charge is 2.22. The first kappa shape index (κ1) is 11.1. The van der Waals surface area contributed by atoms with E-state index in [1.54, 1.807) is 0 Å². The summed E-state index contributed by atoms with van der Waals surface area (Å²) in [6.07, 6.45) is 5.68. The van der Waals surface area contributed by atoms with Crippen molar-refractivity contribution in [1.29, 1.82) is 0 Å². The molecule has 2 rings (SSSR count). The first-order chi connectivity index (χ1) is 7.31. The van der Waals surface area contributed by atoms with Gasteiger partial charge in [0.05, 0.1) is 0 Å². The fourth-order valence-electron chi connectivity index (χ4n) is 2.27. The van der Waals surface area contributed by atoms with Gasteiger partial charge >= 0.3 is 0 Å². The van der Waals surface area contributed by atoms with E-state index in [2.05, 4.69) is 32.0 Å². The molecule has 1 saturated heterocycles. The van der Waals surface area contributed by atoms with Gasteiger partial charge in [0.15, 0.2) is 0 Å². The number of nitrogens with zero attached hydrogens (tertiary/aromatic N) is 3. The van der Waals surface area contributed by atoms with E-state index in [1.807, 2.05) is 17.9 Å². The van der Waals surface area contributed by atoms with Crippen molar-refractivity contribution in [3.05, 3.63) is 18.0 Å². The minimum absolute atomic E-state index is 0.748. The predicted octanol–water partition coefficient (Wildman–Crippen LogP) is 1.82. The van der Waals surface area contributed by atoms with Crippen molar-refractivity contribution < 1.29 is 0 Å². The zero-order valence-corrected chi connectivity index (χ0v) is 10.8. The van der Waals surface area contributed by atoms with Gasteiger partial charge in [-0.3, -0.25) is 9.58 Å². The van der Waals surface area contributed by atoms with Crippen LogP contribution in [0.4, 0.5) is 0 Å². The van der Waals surface area contributed by atoms with Crippen LogP contribution in [0, 0.1) is 0 Å². The molecule has 0 saturated carbocycles. The predicted molar refractivity (Wildman–Crippen MR) is 65.3 cm³/mol. The summed E-state index contributed by atoms with van der Waals surface area (Å²) < 4.78 is 1.97. The first-order valence-corrected chi connectivity index (χ1v) is 6.70. The zero-order valence-electron chi connectivity index (χ0n) is 9.19. The molecule has 0 radical (unpaired) electrons. The fourth-order valence-corrected chi connectivity index (χ4v) is 3.00. The lowest BCUT2D eigenvalue weighted by Gasteiger charge is -2.22.